The third-order valence-corrected chi connectivity index (χ3v) is 2.84. The summed E-state index contributed by atoms with van der Waals surface area (Å²) in [6, 6.07) is 6.97. The number of nitrogen functional groups attached to an aromatic ring is 1. The Morgan fingerprint density at radius 1 is 1.40 bits per heavy atom. The molecule has 1 aromatic heterocycles. The monoisotopic (exact) mass is 274 g/mol. The lowest BCUT2D eigenvalue weighted by atomic mass is 10.1. The van der Waals surface area contributed by atoms with Crippen molar-refractivity contribution in [3.8, 4) is 5.75 Å². The molecule has 4 N–H and O–H groups in total. The Morgan fingerprint density at radius 2 is 2.15 bits per heavy atom. The SMILES string of the molecule is CC(C)n1ccc(COc2ccc(N)cc2C(N)=O)n1. The zero-order valence-electron chi connectivity index (χ0n) is 11.5. The highest BCUT2D eigenvalue weighted by Gasteiger charge is 2.11. The summed E-state index contributed by atoms with van der Waals surface area (Å²) in [5, 5.41) is 4.37. The van der Waals surface area contributed by atoms with E-state index >= 15 is 0 Å². The highest BCUT2D eigenvalue weighted by molar-refractivity contribution is 5.96. The van der Waals surface area contributed by atoms with E-state index in [0.29, 0.717) is 17.5 Å². The standard InChI is InChI=1S/C14H18N4O2/c1-9(2)18-6-5-11(17-18)8-20-13-4-3-10(15)7-12(13)14(16)19/h3-7,9H,8,15H2,1-2H3,(H2,16,19). The zero-order valence-corrected chi connectivity index (χ0v) is 11.5. The van der Waals surface area contributed by atoms with Gasteiger partial charge in [-0.2, -0.15) is 5.10 Å². The van der Waals surface area contributed by atoms with Crippen molar-refractivity contribution in [2.75, 3.05) is 5.73 Å². The number of aromatic nitrogens is 2. The second kappa shape index (κ2) is 5.64. The molecule has 0 unspecified atom stereocenters. The highest BCUT2D eigenvalue weighted by Crippen LogP contribution is 2.22. The predicted molar refractivity (Wildman–Crippen MR) is 76.3 cm³/mol. The number of nitrogens with zero attached hydrogens (tertiary/aromatic N) is 2. The van der Waals surface area contributed by atoms with Gasteiger partial charge in [0.2, 0.25) is 0 Å². The van der Waals surface area contributed by atoms with Crippen LogP contribution in [-0.4, -0.2) is 15.7 Å². The predicted octanol–water partition coefficient (Wildman–Crippen LogP) is 1.72. The normalized spacial score (nSPS) is 10.8. The van der Waals surface area contributed by atoms with E-state index in [4.69, 9.17) is 16.2 Å². The van der Waals surface area contributed by atoms with Crippen LogP contribution >= 0.6 is 0 Å². The van der Waals surface area contributed by atoms with Crippen LogP contribution in [0.1, 0.15) is 35.9 Å². The molecule has 0 bridgehead atoms. The molecule has 0 spiro atoms. The molecule has 2 rings (SSSR count). The smallest absolute Gasteiger partial charge is 0.252 e. The Labute approximate surface area is 117 Å². The topological polar surface area (TPSA) is 96.2 Å². The maximum atomic E-state index is 11.3. The molecule has 6 nitrogen and oxygen atoms in total. The van der Waals surface area contributed by atoms with Crippen molar-refractivity contribution >= 4 is 11.6 Å². The second-order valence-corrected chi connectivity index (χ2v) is 4.79. The van der Waals surface area contributed by atoms with Crippen molar-refractivity contribution in [3.05, 3.63) is 41.7 Å². The van der Waals surface area contributed by atoms with Gasteiger partial charge in [-0.1, -0.05) is 0 Å². The molecule has 0 saturated heterocycles. The molecule has 20 heavy (non-hydrogen) atoms. The average Bonchev–Trinajstić information content (AvgIpc) is 2.86. The number of ether oxygens (including phenoxy) is 1. The Kier molecular flexibility index (Phi) is 3.93. The van der Waals surface area contributed by atoms with Gasteiger partial charge >= 0.3 is 0 Å². The lowest BCUT2D eigenvalue weighted by Crippen LogP contribution is -2.13. The van der Waals surface area contributed by atoms with Gasteiger partial charge in [-0.25, -0.2) is 0 Å². The van der Waals surface area contributed by atoms with E-state index in [9.17, 15) is 4.79 Å². The molecule has 0 fully saturated rings. The van der Waals surface area contributed by atoms with Crippen LogP contribution in [0.3, 0.4) is 0 Å². The number of primary amides is 1. The summed E-state index contributed by atoms with van der Waals surface area (Å²) in [5.41, 5.74) is 12.5. The molecule has 0 radical (unpaired) electrons. The number of rotatable bonds is 5. The summed E-state index contributed by atoms with van der Waals surface area (Å²) < 4.78 is 7.44. The maximum Gasteiger partial charge on any atom is 0.252 e. The fourth-order valence-electron chi connectivity index (χ4n) is 1.76. The molecule has 6 heteroatoms. The molecule has 0 aliphatic carbocycles. The first-order chi connectivity index (χ1) is 9.47. The fourth-order valence-corrected chi connectivity index (χ4v) is 1.76. The van der Waals surface area contributed by atoms with Gasteiger partial charge in [-0.3, -0.25) is 9.48 Å². The van der Waals surface area contributed by atoms with Gasteiger partial charge < -0.3 is 16.2 Å². The average molecular weight is 274 g/mol. The largest absolute Gasteiger partial charge is 0.486 e. The third kappa shape index (κ3) is 3.09. The molecular formula is C14H18N4O2. The van der Waals surface area contributed by atoms with Gasteiger partial charge in [0.15, 0.2) is 0 Å². The van der Waals surface area contributed by atoms with Gasteiger partial charge in [0, 0.05) is 17.9 Å². The molecule has 1 amide bonds. The third-order valence-electron chi connectivity index (χ3n) is 2.84. The number of hydrogen-bond acceptors (Lipinski definition) is 4. The molecule has 1 heterocycles. The lowest BCUT2D eigenvalue weighted by Gasteiger charge is -2.09. The minimum absolute atomic E-state index is 0.268. The van der Waals surface area contributed by atoms with Crippen LogP contribution in [0.4, 0.5) is 5.69 Å². The number of carbonyl (C=O) groups excluding carboxylic acids is 1. The number of anilines is 1. The molecule has 106 valence electrons. The van der Waals surface area contributed by atoms with Crippen LogP contribution in [0.25, 0.3) is 0 Å². The first-order valence-corrected chi connectivity index (χ1v) is 6.33. The fraction of sp³-hybridized carbons (Fsp3) is 0.286. The first-order valence-electron chi connectivity index (χ1n) is 6.33. The van der Waals surface area contributed by atoms with E-state index < -0.39 is 5.91 Å². The number of amides is 1. The molecule has 0 saturated carbocycles. The van der Waals surface area contributed by atoms with Crippen LogP contribution < -0.4 is 16.2 Å². The van der Waals surface area contributed by atoms with Crippen LogP contribution in [0.5, 0.6) is 5.75 Å². The zero-order chi connectivity index (χ0) is 14.7. The van der Waals surface area contributed by atoms with Gasteiger partial charge in [-0.15, -0.1) is 0 Å². The van der Waals surface area contributed by atoms with Crippen molar-refractivity contribution in [2.45, 2.75) is 26.5 Å². The summed E-state index contributed by atoms with van der Waals surface area (Å²) >= 11 is 0. The summed E-state index contributed by atoms with van der Waals surface area (Å²) in [6.45, 7) is 4.36. The van der Waals surface area contributed by atoms with Gasteiger partial charge in [0.25, 0.3) is 5.91 Å². The maximum absolute atomic E-state index is 11.3. The molecule has 2 aromatic rings. The Bertz CT molecular complexity index is 619. The summed E-state index contributed by atoms with van der Waals surface area (Å²) in [6.07, 6.45) is 1.89. The van der Waals surface area contributed by atoms with E-state index in [0.717, 1.165) is 5.69 Å². The van der Waals surface area contributed by atoms with E-state index in [-0.39, 0.29) is 12.2 Å². The molecular weight excluding hydrogens is 256 g/mol. The molecule has 0 atom stereocenters. The quantitative estimate of drug-likeness (QED) is 0.811. The number of benzene rings is 1. The molecule has 0 aliphatic rings. The summed E-state index contributed by atoms with van der Waals surface area (Å²) in [7, 11) is 0. The molecule has 1 aromatic carbocycles. The van der Waals surface area contributed by atoms with Crippen molar-refractivity contribution in [2.24, 2.45) is 5.73 Å². The van der Waals surface area contributed by atoms with Crippen molar-refractivity contribution < 1.29 is 9.53 Å². The van der Waals surface area contributed by atoms with E-state index in [1.54, 1.807) is 12.1 Å². The van der Waals surface area contributed by atoms with Crippen LogP contribution in [0, 0.1) is 0 Å². The summed E-state index contributed by atoms with van der Waals surface area (Å²) in [5.74, 6) is -0.161. The lowest BCUT2D eigenvalue weighted by molar-refractivity contribution is 0.0996. The van der Waals surface area contributed by atoms with E-state index in [1.165, 1.54) is 6.07 Å². The second-order valence-electron chi connectivity index (χ2n) is 4.79. The van der Waals surface area contributed by atoms with Crippen LogP contribution in [-0.2, 0) is 6.61 Å². The van der Waals surface area contributed by atoms with Crippen LogP contribution in [0.15, 0.2) is 30.5 Å². The van der Waals surface area contributed by atoms with Crippen molar-refractivity contribution in [1.29, 1.82) is 0 Å². The Balaban J connectivity index is 2.12. The molecule has 0 aliphatic heterocycles. The number of hydrogen-bond donors (Lipinski definition) is 2. The number of nitrogens with two attached hydrogens (primary N) is 2. The Morgan fingerprint density at radius 3 is 2.75 bits per heavy atom. The van der Waals surface area contributed by atoms with Crippen molar-refractivity contribution in [3.63, 3.8) is 0 Å². The number of carbonyl (C=O) groups is 1. The van der Waals surface area contributed by atoms with Gasteiger partial charge in [0.1, 0.15) is 12.4 Å². The van der Waals surface area contributed by atoms with E-state index in [1.807, 2.05) is 30.8 Å². The van der Waals surface area contributed by atoms with E-state index in [2.05, 4.69) is 5.10 Å². The first kappa shape index (κ1) is 13.9. The minimum Gasteiger partial charge on any atom is -0.486 e. The summed E-state index contributed by atoms with van der Waals surface area (Å²) in [4.78, 5) is 11.3. The highest BCUT2D eigenvalue weighted by atomic mass is 16.5. The minimum atomic E-state index is -0.569. The van der Waals surface area contributed by atoms with Gasteiger partial charge in [0.05, 0.1) is 11.3 Å². The van der Waals surface area contributed by atoms with Crippen molar-refractivity contribution in [1.82, 2.24) is 9.78 Å². The van der Waals surface area contributed by atoms with Gasteiger partial charge in [-0.05, 0) is 38.1 Å². The Hall–Kier alpha value is -2.50. The van der Waals surface area contributed by atoms with Crippen LogP contribution in [0.2, 0.25) is 0 Å².